The molecule has 0 spiro atoms. The molecule has 0 aliphatic carbocycles. The average molecular weight is 194 g/mol. The summed E-state index contributed by atoms with van der Waals surface area (Å²) in [5.74, 6) is 0.259. The molecule has 1 atom stereocenters. The number of aromatic amines is 1. The second-order valence-electron chi connectivity index (χ2n) is 2.50. The summed E-state index contributed by atoms with van der Waals surface area (Å²) >= 11 is 0. The van der Waals surface area contributed by atoms with Crippen molar-refractivity contribution in [3.63, 3.8) is 0 Å². The number of halogens is 3. The molecule has 0 fully saturated rings. The van der Waals surface area contributed by atoms with Crippen molar-refractivity contribution in [2.75, 3.05) is 7.11 Å². The molecular formula is C7H9F3N2O. The van der Waals surface area contributed by atoms with E-state index in [0.29, 0.717) is 0 Å². The molecule has 13 heavy (non-hydrogen) atoms. The molecular weight excluding hydrogens is 185 g/mol. The second-order valence-corrected chi connectivity index (χ2v) is 2.50. The molecule has 74 valence electrons. The van der Waals surface area contributed by atoms with E-state index < -0.39 is 12.2 Å². The van der Waals surface area contributed by atoms with Gasteiger partial charge in [-0.2, -0.15) is 13.2 Å². The lowest BCUT2D eigenvalue weighted by Gasteiger charge is -2.13. The Morgan fingerprint density at radius 3 is 2.46 bits per heavy atom. The third kappa shape index (κ3) is 2.15. The van der Waals surface area contributed by atoms with E-state index in [9.17, 15) is 13.2 Å². The minimum Gasteiger partial charge on any atom is -0.482 e. The zero-order valence-electron chi connectivity index (χ0n) is 6.85. The van der Waals surface area contributed by atoms with Crippen LogP contribution in [0.15, 0.2) is 12.1 Å². The van der Waals surface area contributed by atoms with Crippen LogP contribution in [0.25, 0.3) is 0 Å². The zero-order chi connectivity index (χ0) is 10.1. The van der Waals surface area contributed by atoms with E-state index in [4.69, 9.17) is 5.73 Å². The van der Waals surface area contributed by atoms with Crippen molar-refractivity contribution in [1.82, 2.24) is 4.98 Å². The van der Waals surface area contributed by atoms with Crippen LogP contribution in [-0.4, -0.2) is 18.3 Å². The van der Waals surface area contributed by atoms with Crippen LogP contribution < -0.4 is 10.5 Å². The van der Waals surface area contributed by atoms with Gasteiger partial charge in [0, 0.05) is 5.69 Å². The maximum atomic E-state index is 12.1. The average Bonchev–Trinajstić information content (AvgIpc) is 2.48. The van der Waals surface area contributed by atoms with Gasteiger partial charge in [0.25, 0.3) is 0 Å². The van der Waals surface area contributed by atoms with Crippen molar-refractivity contribution < 1.29 is 17.9 Å². The number of hydrogen-bond acceptors (Lipinski definition) is 2. The fraction of sp³-hybridized carbons (Fsp3) is 0.429. The molecule has 0 bridgehead atoms. The third-order valence-corrected chi connectivity index (χ3v) is 1.59. The van der Waals surface area contributed by atoms with Gasteiger partial charge in [0.05, 0.1) is 7.11 Å². The normalized spacial score (nSPS) is 14.2. The van der Waals surface area contributed by atoms with Crippen LogP contribution in [0.2, 0.25) is 0 Å². The Bertz CT molecular complexity index is 282. The summed E-state index contributed by atoms with van der Waals surface area (Å²) < 4.78 is 40.9. The van der Waals surface area contributed by atoms with Gasteiger partial charge in [0.2, 0.25) is 0 Å². The molecule has 0 saturated heterocycles. The zero-order valence-corrected chi connectivity index (χ0v) is 6.85. The first-order valence-electron chi connectivity index (χ1n) is 3.50. The number of ether oxygens (including phenoxy) is 1. The summed E-state index contributed by atoms with van der Waals surface area (Å²) in [7, 11) is 1.36. The molecule has 3 N–H and O–H groups in total. The summed E-state index contributed by atoms with van der Waals surface area (Å²) in [6.07, 6.45) is -4.43. The highest BCUT2D eigenvalue weighted by molar-refractivity contribution is 5.21. The molecule has 1 rings (SSSR count). The van der Waals surface area contributed by atoms with Crippen LogP contribution in [0.1, 0.15) is 11.7 Å². The lowest BCUT2D eigenvalue weighted by molar-refractivity contribution is -0.149. The van der Waals surface area contributed by atoms with Gasteiger partial charge in [0.1, 0.15) is 6.04 Å². The van der Waals surface area contributed by atoms with Gasteiger partial charge in [-0.25, -0.2) is 0 Å². The molecule has 1 aromatic heterocycles. The highest BCUT2D eigenvalue weighted by atomic mass is 19.4. The smallest absolute Gasteiger partial charge is 0.409 e. The maximum absolute atomic E-state index is 12.1. The first kappa shape index (κ1) is 9.91. The van der Waals surface area contributed by atoms with Gasteiger partial charge in [-0.15, -0.1) is 0 Å². The third-order valence-electron chi connectivity index (χ3n) is 1.59. The number of alkyl halides is 3. The van der Waals surface area contributed by atoms with Gasteiger partial charge in [-0.3, -0.25) is 0 Å². The van der Waals surface area contributed by atoms with Gasteiger partial charge in [-0.1, -0.05) is 0 Å². The fourth-order valence-electron chi connectivity index (χ4n) is 0.868. The van der Waals surface area contributed by atoms with Crippen molar-refractivity contribution in [3.8, 4) is 5.88 Å². The minimum absolute atomic E-state index is 0.107. The van der Waals surface area contributed by atoms with Gasteiger partial charge >= 0.3 is 6.18 Å². The van der Waals surface area contributed by atoms with E-state index in [1.165, 1.54) is 19.2 Å². The van der Waals surface area contributed by atoms with Crippen molar-refractivity contribution in [2.45, 2.75) is 12.2 Å². The van der Waals surface area contributed by atoms with E-state index in [0.717, 1.165) is 0 Å². The van der Waals surface area contributed by atoms with Crippen molar-refractivity contribution >= 4 is 0 Å². The molecule has 1 aromatic rings. The van der Waals surface area contributed by atoms with Crippen LogP contribution in [0.5, 0.6) is 5.88 Å². The lowest BCUT2D eigenvalue weighted by atomic mass is 10.2. The quantitative estimate of drug-likeness (QED) is 0.751. The van der Waals surface area contributed by atoms with Crippen LogP contribution >= 0.6 is 0 Å². The summed E-state index contributed by atoms with van der Waals surface area (Å²) in [6.45, 7) is 0. The molecule has 1 heterocycles. The number of rotatable bonds is 2. The van der Waals surface area contributed by atoms with Crippen molar-refractivity contribution in [1.29, 1.82) is 0 Å². The minimum atomic E-state index is -4.43. The molecule has 0 radical (unpaired) electrons. The topological polar surface area (TPSA) is 51.0 Å². The van der Waals surface area contributed by atoms with Crippen LogP contribution in [0.3, 0.4) is 0 Å². The van der Waals surface area contributed by atoms with Crippen LogP contribution in [-0.2, 0) is 0 Å². The number of aromatic nitrogens is 1. The van der Waals surface area contributed by atoms with E-state index >= 15 is 0 Å². The van der Waals surface area contributed by atoms with Gasteiger partial charge in [-0.05, 0) is 12.1 Å². The van der Waals surface area contributed by atoms with E-state index in [2.05, 4.69) is 9.72 Å². The standard InChI is InChI=1S/C7H9F3N2O/c1-13-5-3-2-4(12-5)6(11)7(8,9)10/h2-3,6,12H,11H2,1H3/t6-/m1/s1. The van der Waals surface area contributed by atoms with Crippen LogP contribution in [0, 0.1) is 0 Å². The molecule has 0 aliphatic heterocycles. The maximum Gasteiger partial charge on any atom is 0.409 e. The fourth-order valence-corrected chi connectivity index (χ4v) is 0.868. The molecule has 0 unspecified atom stereocenters. The van der Waals surface area contributed by atoms with E-state index in [1.807, 2.05) is 0 Å². The number of nitrogens with one attached hydrogen (secondary N) is 1. The largest absolute Gasteiger partial charge is 0.482 e. The predicted octanol–water partition coefficient (Wildman–Crippen LogP) is 1.59. The Balaban J connectivity index is 2.83. The van der Waals surface area contributed by atoms with Gasteiger partial charge in [0.15, 0.2) is 5.88 Å². The Morgan fingerprint density at radius 2 is 2.08 bits per heavy atom. The Kier molecular flexibility index (Phi) is 2.51. The number of methoxy groups -OCH3 is 1. The molecule has 0 saturated carbocycles. The van der Waals surface area contributed by atoms with Gasteiger partial charge < -0.3 is 15.5 Å². The summed E-state index contributed by atoms with van der Waals surface area (Å²) in [6, 6.07) is 0.647. The molecule has 0 aliphatic rings. The number of nitrogens with two attached hydrogens (primary N) is 1. The highest BCUT2D eigenvalue weighted by Crippen LogP contribution is 2.30. The van der Waals surface area contributed by atoms with E-state index in [-0.39, 0.29) is 11.6 Å². The first-order chi connectivity index (χ1) is 5.95. The summed E-state index contributed by atoms with van der Waals surface area (Å²) in [5.41, 5.74) is 4.82. The molecule has 0 amide bonds. The summed E-state index contributed by atoms with van der Waals surface area (Å²) in [4.78, 5) is 2.40. The molecule has 6 heteroatoms. The highest BCUT2D eigenvalue weighted by Gasteiger charge is 2.38. The number of H-pyrrole nitrogens is 1. The summed E-state index contributed by atoms with van der Waals surface area (Å²) in [5, 5.41) is 0. The lowest BCUT2D eigenvalue weighted by Crippen LogP contribution is -2.28. The Labute approximate surface area is 72.7 Å². The molecule has 3 nitrogen and oxygen atoms in total. The Hall–Kier alpha value is -1.17. The van der Waals surface area contributed by atoms with Crippen molar-refractivity contribution in [2.24, 2.45) is 5.73 Å². The SMILES string of the molecule is COc1ccc([C@@H](N)C(F)(F)F)[nH]1. The monoisotopic (exact) mass is 194 g/mol. The molecule has 0 aromatic carbocycles. The number of hydrogen-bond donors (Lipinski definition) is 2. The van der Waals surface area contributed by atoms with Crippen LogP contribution in [0.4, 0.5) is 13.2 Å². The second kappa shape index (κ2) is 3.29. The van der Waals surface area contributed by atoms with Crippen molar-refractivity contribution in [3.05, 3.63) is 17.8 Å². The van der Waals surface area contributed by atoms with E-state index in [1.54, 1.807) is 0 Å². The first-order valence-corrected chi connectivity index (χ1v) is 3.50. The predicted molar refractivity (Wildman–Crippen MR) is 40.3 cm³/mol. The Morgan fingerprint density at radius 1 is 1.46 bits per heavy atom.